The van der Waals surface area contributed by atoms with Crippen molar-refractivity contribution in [1.82, 2.24) is 10.2 Å². The zero-order chi connectivity index (χ0) is 26.9. The van der Waals surface area contributed by atoms with Gasteiger partial charge >= 0.3 is 0 Å². The van der Waals surface area contributed by atoms with E-state index in [1.165, 1.54) is 17.4 Å². The van der Waals surface area contributed by atoms with Crippen LogP contribution < -0.4 is 10.1 Å². The van der Waals surface area contributed by atoms with Gasteiger partial charge in [0, 0.05) is 24.6 Å². The maximum Gasteiger partial charge on any atom is 0.261 e. The first-order valence-electron chi connectivity index (χ1n) is 13.5. The molecule has 1 unspecified atom stereocenters. The van der Waals surface area contributed by atoms with Gasteiger partial charge in [-0.05, 0) is 55.5 Å². The summed E-state index contributed by atoms with van der Waals surface area (Å²) in [6.45, 7) is 3.65. The summed E-state index contributed by atoms with van der Waals surface area (Å²) in [6.07, 6.45) is 5.52. The monoisotopic (exact) mass is 516 g/mol. The standard InChI is InChI=1S/C32H37FN2O3/c1-23-12-11-19-30(24(23)2)38-22-31(36)35(21-26-15-9-10-18-28(26)33)29(20-25-13-5-3-6-14-25)32(37)34-27-16-7-4-8-17-27/h3,5-6,9-15,18-19,27,29H,4,7-8,16-17,20-22H2,1-2H3,(H,34,37). The molecule has 1 aliphatic carbocycles. The predicted octanol–water partition coefficient (Wildman–Crippen LogP) is 5.91. The number of hydrogen-bond donors (Lipinski definition) is 1. The number of nitrogens with one attached hydrogen (secondary N) is 1. The summed E-state index contributed by atoms with van der Waals surface area (Å²) in [5.74, 6) is -0.367. The van der Waals surface area contributed by atoms with Gasteiger partial charge in [0.1, 0.15) is 17.6 Å². The molecular formula is C32H37FN2O3. The molecule has 0 bridgehead atoms. The molecule has 0 aliphatic heterocycles. The minimum Gasteiger partial charge on any atom is -0.483 e. The van der Waals surface area contributed by atoms with Gasteiger partial charge in [-0.25, -0.2) is 4.39 Å². The minimum atomic E-state index is -0.811. The normalized spacial score (nSPS) is 14.5. The molecule has 1 atom stereocenters. The van der Waals surface area contributed by atoms with E-state index in [1.54, 1.807) is 18.2 Å². The van der Waals surface area contributed by atoms with Gasteiger partial charge in [0.05, 0.1) is 0 Å². The van der Waals surface area contributed by atoms with E-state index in [4.69, 9.17) is 4.74 Å². The zero-order valence-corrected chi connectivity index (χ0v) is 22.3. The first-order valence-corrected chi connectivity index (χ1v) is 13.5. The van der Waals surface area contributed by atoms with E-state index in [0.29, 0.717) is 17.7 Å². The third-order valence-electron chi connectivity index (χ3n) is 7.43. The number of hydrogen-bond acceptors (Lipinski definition) is 3. The van der Waals surface area contributed by atoms with Gasteiger partial charge < -0.3 is 15.0 Å². The first kappa shape index (κ1) is 27.4. The Bertz CT molecular complexity index is 1220. The Morgan fingerprint density at radius 1 is 0.947 bits per heavy atom. The quantitative estimate of drug-likeness (QED) is 0.364. The summed E-state index contributed by atoms with van der Waals surface area (Å²) in [4.78, 5) is 29.0. The molecule has 0 saturated heterocycles. The van der Waals surface area contributed by atoms with Gasteiger partial charge in [-0.1, -0.05) is 79.9 Å². The van der Waals surface area contributed by atoms with Crippen molar-refractivity contribution in [3.8, 4) is 5.75 Å². The maximum atomic E-state index is 14.8. The molecule has 1 saturated carbocycles. The number of carbonyl (C=O) groups excluding carboxylic acids is 2. The van der Waals surface area contributed by atoms with E-state index < -0.39 is 11.9 Å². The number of benzene rings is 3. The fourth-order valence-corrected chi connectivity index (χ4v) is 5.01. The van der Waals surface area contributed by atoms with E-state index >= 15 is 0 Å². The van der Waals surface area contributed by atoms with E-state index in [0.717, 1.165) is 42.4 Å². The second-order valence-electron chi connectivity index (χ2n) is 10.1. The van der Waals surface area contributed by atoms with Crippen molar-refractivity contribution in [2.75, 3.05) is 6.61 Å². The van der Waals surface area contributed by atoms with Gasteiger partial charge in [-0.3, -0.25) is 9.59 Å². The van der Waals surface area contributed by atoms with Crippen molar-refractivity contribution in [2.24, 2.45) is 0 Å². The van der Waals surface area contributed by atoms with Gasteiger partial charge in [0.15, 0.2) is 6.61 Å². The largest absolute Gasteiger partial charge is 0.483 e. The number of amides is 2. The second kappa shape index (κ2) is 13.2. The summed E-state index contributed by atoms with van der Waals surface area (Å²) in [7, 11) is 0. The molecule has 0 aromatic heterocycles. The van der Waals surface area contributed by atoms with Crippen molar-refractivity contribution < 1.29 is 18.7 Å². The third-order valence-corrected chi connectivity index (χ3v) is 7.43. The van der Waals surface area contributed by atoms with E-state index in [9.17, 15) is 14.0 Å². The molecule has 5 nitrogen and oxygen atoms in total. The Labute approximate surface area is 225 Å². The van der Waals surface area contributed by atoms with Gasteiger partial charge in [0.2, 0.25) is 5.91 Å². The molecular weight excluding hydrogens is 479 g/mol. The van der Waals surface area contributed by atoms with Gasteiger partial charge in [0.25, 0.3) is 5.91 Å². The van der Waals surface area contributed by atoms with E-state index in [2.05, 4.69) is 5.32 Å². The van der Waals surface area contributed by atoms with Crippen LogP contribution in [0.2, 0.25) is 0 Å². The van der Waals surface area contributed by atoms with Crippen molar-refractivity contribution in [2.45, 2.75) is 71.0 Å². The van der Waals surface area contributed by atoms with Crippen molar-refractivity contribution >= 4 is 11.8 Å². The summed E-state index contributed by atoms with van der Waals surface area (Å²) in [6, 6.07) is 21.0. The van der Waals surface area contributed by atoms with E-state index in [1.807, 2.05) is 62.4 Å². The highest BCUT2D eigenvalue weighted by atomic mass is 19.1. The minimum absolute atomic E-state index is 0.0305. The van der Waals surface area contributed by atoms with Crippen molar-refractivity contribution in [1.29, 1.82) is 0 Å². The van der Waals surface area contributed by atoms with Crippen LogP contribution in [0.5, 0.6) is 5.75 Å². The molecule has 2 amide bonds. The zero-order valence-electron chi connectivity index (χ0n) is 22.3. The number of aryl methyl sites for hydroxylation is 1. The SMILES string of the molecule is Cc1cccc(OCC(=O)N(Cc2ccccc2F)C(Cc2ccccc2)C(=O)NC2CCCCC2)c1C. The van der Waals surface area contributed by atoms with Crippen LogP contribution in [0.25, 0.3) is 0 Å². The molecule has 38 heavy (non-hydrogen) atoms. The number of nitrogens with zero attached hydrogens (tertiary/aromatic N) is 1. The molecule has 1 aliphatic rings. The number of halogens is 1. The summed E-state index contributed by atoms with van der Waals surface area (Å²) in [5.41, 5.74) is 3.30. The molecule has 200 valence electrons. The third kappa shape index (κ3) is 7.21. The topological polar surface area (TPSA) is 58.6 Å². The number of carbonyl (C=O) groups is 2. The Morgan fingerprint density at radius 3 is 2.39 bits per heavy atom. The highest BCUT2D eigenvalue weighted by molar-refractivity contribution is 5.88. The highest BCUT2D eigenvalue weighted by Gasteiger charge is 2.32. The van der Waals surface area contributed by atoms with Gasteiger partial charge in [-0.15, -0.1) is 0 Å². The van der Waals surface area contributed by atoms with Gasteiger partial charge in [-0.2, -0.15) is 0 Å². The average molecular weight is 517 g/mol. The lowest BCUT2D eigenvalue weighted by atomic mass is 9.94. The van der Waals surface area contributed by atoms with Crippen LogP contribution in [0.1, 0.15) is 54.4 Å². The molecule has 1 N–H and O–H groups in total. The molecule has 0 radical (unpaired) electrons. The molecule has 6 heteroatoms. The second-order valence-corrected chi connectivity index (χ2v) is 10.1. The van der Waals surface area contributed by atoms with Crippen LogP contribution in [0.4, 0.5) is 4.39 Å². The van der Waals surface area contributed by atoms with Crippen LogP contribution >= 0.6 is 0 Å². The fraction of sp³-hybridized carbons (Fsp3) is 0.375. The smallest absolute Gasteiger partial charge is 0.261 e. The van der Waals surface area contributed by atoms with Crippen LogP contribution in [0, 0.1) is 19.7 Å². The molecule has 4 rings (SSSR count). The maximum absolute atomic E-state index is 14.8. The fourth-order valence-electron chi connectivity index (χ4n) is 5.01. The first-order chi connectivity index (χ1) is 18.4. The Kier molecular flexibility index (Phi) is 9.52. The lowest BCUT2D eigenvalue weighted by Crippen LogP contribution is -2.53. The average Bonchev–Trinajstić information content (AvgIpc) is 2.93. The summed E-state index contributed by atoms with van der Waals surface area (Å²) in [5, 5.41) is 3.20. The predicted molar refractivity (Wildman–Crippen MR) is 147 cm³/mol. The van der Waals surface area contributed by atoms with Crippen LogP contribution in [-0.4, -0.2) is 35.4 Å². The molecule has 0 spiro atoms. The van der Waals surface area contributed by atoms with Crippen LogP contribution in [-0.2, 0) is 22.6 Å². The van der Waals surface area contributed by atoms with Crippen molar-refractivity contribution in [3.05, 3.63) is 101 Å². The van der Waals surface area contributed by atoms with Crippen molar-refractivity contribution in [3.63, 3.8) is 0 Å². The number of rotatable bonds is 10. The molecule has 3 aromatic carbocycles. The van der Waals surface area contributed by atoms with Crippen LogP contribution in [0.15, 0.2) is 72.8 Å². The molecule has 3 aromatic rings. The van der Waals surface area contributed by atoms with E-state index in [-0.39, 0.29) is 31.0 Å². The summed E-state index contributed by atoms with van der Waals surface area (Å²) >= 11 is 0. The number of ether oxygens (including phenoxy) is 1. The molecule has 0 heterocycles. The Hall–Kier alpha value is -3.67. The lowest BCUT2D eigenvalue weighted by molar-refractivity contribution is -0.143. The highest BCUT2D eigenvalue weighted by Crippen LogP contribution is 2.23. The summed E-state index contributed by atoms with van der Waals surface area (Å²) < 4.78 is 20.7. The Morgan fingerprint density at radius 2 is 1.66 bits per heavy atom. The Balaban J connectivity index is 1.63. The van der Waals surface area contributed by atoms with Crippen LogP contribution in [0.3, 0.4) is 0 Å². The molecule has 1 fully saturated rings. The lowest BCUT2D eigenvalue weighted by Gasteiger charge is -2.33.